The Balaban J connectivity index is -0.000000129. The molecule has 0 amide bonds. The normalized spacial score (nSPS) is 19.0. The van der Waals surface area contributed by atoms with Crippen LogP contribution in [0.2, 0.25) is 0 Å². The lowest BCUT2D eigenvalue weighted by molar-refractivity contribution is -0.0920. The molecule has 850 valence electrons. The van der Waals surface area contributed by atoms with E-state index in [9.17, 15) is 8.42 Å². The predicted octanol–water partition coefficient (Wildman–Crippen LogP) is 51.6. The lowest BCUT2D eigenvalue weighted by Gasteiger charge is -2.60. The number of benzene rings is 5. The summed E-state index contributed by atoms with van der Waals surface area (Å²) in [5, 5.41) is 0. The summed E-state index contributed by atoms with van der Waals surface area (Å²) >= 11 is 0. The van der Waals surface area contributed by atoms with Gasteiger partial charge in [-0.05, 0) is 196 Å². The molecule has 0 N–H and O–H groups in total. The van der Waals surface area contributed by atoms with Crippen LogP contribution in [0.25, 0.3) is 0 Å². The highest BCUT2D eigenvalue weighted by molar-refractivity contribution is 7.91. The molecule has 0 spiro atoms. The fraction of sp³-hybridized carbons (Fsp3) is 0.771. The van der Waals surface area contributed by atoms with E-state index in [2.05, 4.69) is 185 Å². The molecule has 143 heavy (non-hydrogen) atoms. The summed E-state index contributed by atoms with van der Waals surface area (Å²) in [5.41, 5.74) is 6.22. The van der Waals surface area contributed by atoms with Crippen LogP contribution in [-0.4, -0.2) is 8.42 Å². The topological polar surface area (TPSA) is 34.1 Å². The van der Waals surface area contributed by atoms with E-state index in [-0.39, 0.29) is 5.41 Å². The van der Waals surface area contributed by atoms with E-state index in [0.717, 1.165) is 64.6 Å². The molecule has 0 radical (unpaired) electrons. The first kappa shape index (κ1) is 164. The Labute approximate surface area is 910 Å². The van der Waals surface area contributed by atoms with Crippen LogP contribution in [0, 0.1) is 63.6 Å². The molecule has 2 nitrogen and oxygen atoms in total. The molecular formula is C140H272O2S. The summed E-state index contributed by atoms with van der Waals surface area (Å²) in [6, 6.07) is 50.1. The highest BCUT2D eigenvalue weighted by Gasteiger charge is 2.53. The minimum atomic E-state index is -3.34. The molecular weight excluding hydrogens is 1750 g/mol. The van der Waals surface area contributed by atoms with Gasteiger partial charge in [-0.15, -0.1) is 6.58 Å². The molecule has 5 aromatic rings. The van der Waals surface area contributed by atoms with Crippen molar-refractivity contribution in [3.8, 4) is 0 Å². The molecule has 4 atom stereocenters. The van der Waals surface area contributed by atoms with E-state index < -0.39 is 9.84 Å². The number of rotatable bonds is 23. The van der Waals surface area contributed by atoms with Crippen LogP contribution >= 0.6 is 0 Å². The van der Waals surface area contributed by atoms with Crippen molar-refractivity contribution in [2.75, 3.05) is 0 Å². The zero-order valence-corrected chi connectivity index (χ0v) is 108. The van der Waals surface area contributed by atoms with E-state index in [1.54, 1.807) is 99.2 Å². The quantitative estimate of drug-likeness (QED) is 0.0482. The van der Waals surface area contributed by atoms with Gasteiger partial charge in [0.25, 0.3) is 0 Å². The number of sulfone groups is 1. The Hall–Kier alpha value is -4.21. The van der Waals surface area contributed by atoms with Crippen molar-refractivity contribution < 1.29 is 8.42 Å². The summed E-state index contributed by atoms with van der Waals surface area (Å²) in [5.74, 6) is 8.62. The first-order chi connectivity index (χ1) is 69.4. The molecule has 5 aromatic carbocycles. The second-order valence-electron chi connectivity index (χ2n) is 39.6. The number of hydrogen-bond acceptors (Lipinski definition) is 2. The number of unbranched alkanes of at least 4 members (excludes halogenated alkanes) is 16. The molecule has 4 unspecified atom stereocenters. The average molecular weight is 2020 g/mol. The summed E-state index contributed by atoms with van der Waals surface area (Å²) in [6.07, 6.45) is 76.3. The van der Waals surface area contributed by atoms with Gasteiger partial charge in [-0.3, -0.25) is 0 Å². The molecule has 10 fully saturated rings. The number of allylic oxidation sites excluding steroid dienone is 1. The summed E-state index contributed by atoms with van der Waals surface area (Å²) in [4.78, 5) is 0.660. The van der Waals surface area contributed by atoms with Gasteiger partial charge in [-0.2, -0.15) is 0 Å². The molecule has 10 saturated carbocycles. The van der Waals surface area contributed by atoms with Gasteiger partial charge in [-0.1, -0.05) is 681 Å². The maximum atomic E-state index is 12.0. The largest absolute Gasteiger partial charge is 0.219 e. The number of fused-ring (bicyclic) bond motifs is 2. The van der Waals surface area contributed by atoms with Gasteiger partial charge < -0.3 is 0 Å². The van der Waals surface area contributed by atoms with Crippen LogP contribution in [0.1, 0.15) is 650 Å². The molecule has 15 rings (SSSR count). The average Bonchev–Trinajstić information content (AvgIpc) is 1.28. The third-order valence-electron chi connectivity index (χ3n) is 28.0. The van der Waals surface area contributed by atoms with Gasteiger partial charge in [0.1, 0.15) is 0 Å². The first-order valence-corrected chi connectivity index (χ1v) is 65.0. The van der Waals surface area contributed by atoms with E-state index in [4.69, 9.17) is 0 Å². The first-order valence-electron chi connectivity index (χ1n) is 63.5. The van der Waals surface area contributed by atoms with E-state index in [1.165, 1.54) is 306 Å². The van der Waals surface area contributed by atoms with Crippen LogP contribution in [0.5, 0.6) is 0 Å². The van der Waals surface area contributed by atoms with Crippen molar-refractivity contribution >= 4 is 9.84 Å². The van der Waals surface area contributed by atoms with Gasteiger partial charge >= 0.3 is 0 Å². The molecule has 3 heteroatoms. The van der Waals surface area contributed by atoms with Crippen LogP contribution in [0.15, 0.2) is 180 Å². The van der Waals surface area contributed by atoms with Crippen molar-refractivity contribution in [2.45, 2.75) is 654 Å². The maximum absolute atomic E-state index is 12.0. The van der Waals surface area contributed by atoms with Crippen LogP contribution in [-0.2, 0) is 15.3 Å². The van der Waals surface area contributed by atoms with Gasteiger partial charge in [0, 0.05) is 5.41 Å². The minimum Gasteiger partial charge on any atom is -0.219 e. The zero-order valence-electron chi connectivity index (χ0n) is 107. The number of hydrogen-bond donors (Lipinski definition) is 0. The molecule has 0 aliphatic heterocycles. The van der Waals surface area contributed by atoms with Crippen molar-refractivity contribution in [2.24, 2.45) is 63.6 Å². The van der Waals surface area contributed by atoms with Gasteiger partial charge in [-0.25, -0.2) is 8.42 Å². The lowest BCUT2D eigenvalue weighted by atomic mass is 9.45. The third kappa shape index (κ3) is 91.3. The predicted molar refractivity (Wildman–Crippen MR) is 673 cm³/mol. The minimum absolute atomic E-state index is 0.0858. The lowest BCUT2D eigenvalue weighted by Crippen LogP contribution is -2.49. The molecule has 0 aromatic heterocycles. The van der Waals surface area contributed by atoms with Crippen molar-refractivity contribution in [3.05, 3.63) is 181 Å². The molecule has 6 bridgehead atoms. The van der Waals surface area contributed by atoms with Crippen LogP contribution < -0.4 is 0 Å². The monoisotopic (exact) mass is 2020 g/mol. The summed E-state index contributed by atoms with van der Waals surface area (Å²) in [7, 11) is -3.34. The summed E-state index contributed by atoms with van der Waals surface area (Å²) < 4.78 is 24.1. The van der Waals surface area contributed by atoms with Gasteiger partial charge in [0.15, 0.2) is 0 Å². The Kier molecular flexibility index (Phi) is 145. The SMILES string of the molecule is C1CCCCC1.C1CCCCC1.C=C(C)CC.CC.CC.CC.CC.CC.CC.CC.CC.CC.CC.CC.CC.CC.CC(C)(C1CCCCC1)C1CCCCC1.CC(C)(c1ccccc1)c1ccccc1.CC12CC3CC(C1)CC(C)(C3)C2.CC1C2CCC(C2)C1C.CCCC.CCCCCC.CCCCCCCC.CCCCCCCCCC.O=S(=O)(c1ccccc1)c1ccccc1.c1ccccc1. The second-order valence-corrected chi connectivity index (χ2v) is 41.5. The van der Waals surface area contributed by atoms with E-state index >= 15 is 0 Å². The second kappa shape index (κ2) is 126. The summed E-state index contributed by atoms with van der Waals surface area (Å²) in [6.45, 7) is 97.3. The van der Waals surface area contributed by atoms with Crippen molar-refractivity contribution in [1.29, 1.82) is 0 Å². The highest BCUT2D eigenvalue weighted by atomic mass is 32.2. The van der Waals surface area contributed by atoms with Gasteiger partial charge in [0.2, 0.25) is 9.84 Å². The molecule has 10 aliphatic carbocycles. The fourth-order valence-electron chi connectivity index (χ4n) is 20.4. The Bertz CT molecular complexity index is 2850. The Morgan fingerprint density at radius 1 is 0.287 bits per heavy atom. The smallest absolute Gasteiger partial charge is 0.206 e. The third-order valence-corrected chi connectivity index (χ3v) is 29.8. The van der Waals surface area contributed by atoms with Crippen molar-refractivity contribution in [1.82, 2.24) is 0 Å². The highest BCUT2D eigenvalue weighted by Crippen LogP contribution is 2.65. The fourth-order valence-corrected chi connectivity index (χ4v) is 21.7. The Morgan fingerprint density at radius 3 is 0.657 bits per heavy atom. The van der Waals surface area contributed by atoms with E-state index in [0.29, 0.717) is 15.2 Å². The Morgan fingerprint density at radius 2 is 0.476 bits per heavy atom. The van der Waals surface area contributed by atoms with Crippen LogP contribution in [0.3, 0.4) is 0 Å². The molecule has 10 aliphatic rings. The van der Waals surface area contributed by atoms with Crippen LogP contribution in [0.4, 0.5) is 0 Å². The zero-order chi connectivity index (χ0) is 112. The molecule has 0 saturated heterocycles. The standard InChI is InChI=1S/C15H28.C15H16.C12H10O2S.C12H20.C10H22.C9H16.C8H18.2C6H12.C6H6.C6H14.C5H10.C4H10.13C2H6/c2*1-15(2,13-9-5-3-6-10-13)14-11-7-4-8-12-14;13-15(14,11-7-3-1-4-8-11)12-9-5-2-6-10-12;1-11-4-9-3-10(5-11)7-12(2,6-9)8-11;1-3-5-7-9-10-8-6-4-2;1-6-7(2)9-4-3-8(6)5-9;1-3-5-7-8-6-4-2;3*1-2-4-6-5-3-1;1-3-5-6-4-2;1-4-5(2)3;1-3-4-2;13*1-2/h13-14H,3-12H2,1-2H3;3-12H,1-2H3;1-10H;9-10H,3-8H2,1-2H3;3-10H2,1-2H3;6-9H,3-5H2,1-2H3;3-8H2,1-2H3;2*1-6H2;1-6H;3-6H2,1-2H3;2,4H2,1,3H3;3-4H2,1-2H3;13*1-2H3. The molecule has 0 heterocycles. The maximum Gasteiger partial charge on any atom is 0.206 e. The van der Waals surface area contributed by atoms with Crippen molar-refractivity contribution in [3.63, 3.8) is 0 Å². The van der Waals surface area contributed by atoms with Gasteiger partial charge in [0.05, 0.1) is 9.79 Å². The van der Waals surface area contributed by atoms with E-state index in [1.807, 2.05) is 223 Å².